The highest BCUT2D eigenvalue weighted by atomic mass is 16.6. The summed E-state index contributed by atoms with van der Waals surface area (Å²) in [6.45, 7) is 16.3. The van der Waals surface area contributed by atoms with Gasteiger partial charge in [-0.15, -0.1) is 0 Å². The lowest BCUT2D eigenvalue weighted by Crippen LogP contribution is -2.54. The van der Waals surface area contributed by atoms with Gasteiger partial charge in [0.25, 0.3) is 5.91 Å². The number of primary amides is 1. The van der Waals surface area contributed by atoms with E-state index >= 15 is 0 Å². The predicted octanol–water partition coefficient (Wildman–Crippen LogP) is 4.88. The number of benzene rings is 1. The first-order valence-electron chi connectivity index (χ1n) is 17.9. The first-order valence-corrected chi connectivity index (χ1v) is 17.9. The number of nitrogens with two attached hydrogens (primary N) is 1. The monoisotopic (exact) mass is 708 g/mol. The zero-order valence-corrected chi connectivity index (χ0v) is 30.8. The predicted molar refractivity (Wildman–Crippen MR) is 195 cm³/mol. The molecule has 6 amide bonds. The number of ketones is 1. The molecule has 1 fully saturated rings. The molecule has 13 heteroatoms. The Morgan fingerprint density at radius 2 is 1.69 bits per heavy atom. The molecule has 1 aromatic rings. The van der Waals surface area contributed by atoms with E-state index in [-0.39, 0.29) is 66.9 Å². The van der Waals surface area contributed by atoms with Crippen LogP contribution in [0.15, 0.2) is 48.7 Å². The molecule has 0 unspecified atom stereocenters. The normalized spacial score (nSPS) is 15.7. The number of nitrogens with one attached hydrogen (secondary N) is 3. The van der Waals surface area contributed by atoms with Gasteiger partial charge in [0.15, 0.2) is 5.78 Å². The molecule has 2 aliphatic rings. The Balaban J connectivity index is 1.51. The van der Waals surface area contributed by atoms with Crippen molar-refractivity contribution in [2.24, 2.45) is 28.9 Å². The third-order valence-electron chi connectivity index (χ3n) is 9.44. The molecule has 1 saturated heterocycles. The average molecular weight is 709 g/mol. The third-order valence-corrected chi connectivity index (χ3v) is 9.44. The quantitative estimate of drug-likeness (QED) is 0.148. The second kappa shape index (κ2) is 19.1. The molecule has 0 aromatic heterocycles. The first kappa shape index (κ1) is 40.7. The standard InChI is InChI=1S/C38H56N6O7/c1-25(2)34(42-32(46)12-8-7-9-20-44-26(3)13-18-33(44)47)31(45)21-28(11-10-19-40-36(39)49)35(48)41-30-16-14-27(15-17-30)24-51-37(50)43-22-29(23-43)38(4,5)6/h13-18,25,28-29,34H,3,7-12,19-24H2,1-2,4-6H3,(H,41,48)(H,42,46)(H3,39,40,49)/t28-,34+/m1/s1. The summed E-state index contributed by atoms with van der Waals surface area (Å²) in [6, 6.07) is 5.50. The Morgan fingerprint density at radius 1 is 1.00 bits per heavy atom. The van der Waals surface area contributed by atoms with Gasteiger partial charge in [-0.05, 0) is 66.7 Å². The van der Waals surface area contributed by atoms with Crippen molar-refractivity contribution in [3.05, 3.63) is 54.3 Å². The van der Waals surface area contributed by atoms with Crippen molar-refractivity contribution in [3.8, 4) is 0 Å². The van der Waals surface area contributed by atoms with E-state index in [2.05, 4.69) is 43.3 Å². The molecule has 2 atom stereocenters. The number of rotatable bonds is 19. The number of anilines is 1. The van der Waals surface area contributed by atoms with Crippen LogP contribution in [0.2, 0.25) is 0 Å². The fourth-order valence-electron chi connectivity index (χ4n) is 5.94. The number of carbonyl (C=O) groups excluding carboxylic acids is 6. The number of ether oxygens (including phenoxy) is 1. The van der Waals surface area contributed by atoms with Crippen molar-refractivity contribution in [2.45, 2.75) is 92.2 Å². The number of hydrogen-bond acceptors (Lipinski definition) is 7. The summed E-state index contributed by atoms with van der Waals surface area (Å²) in [7, 11) is 0. The molecule has 1 aromatic carbocycles. The van der Waals surface area contributed by atoms with Crippen LogP contribution < -0.4 is 21.7 Å². The topological polar surface area (TPSA) is 180 Å². The van der Waals surface area contributed by atoms with Crippen LogP contribution in [-0.2, 0) is 30.5 Å². The molecular formula is C38H56N6O7. The van der Waals surface area contributed by atoms with Crippen LogP contribution in [0.5, 0.6) is 0 Å². The highest BCUT2D eigenvalue weighted by Crippen LogP contribution is 2.34. The lowest BCUT2D eigenvalue weighted by Gasteiger charge is -2.45. The molecule has 2 heterocycles. The Kier molecular flexibility index (Phi) is 15.2. The maximum Gasteiger partial charge on any atom is 0.410 e. The number of nitrogens with zero attached hydrogens (tertiary/aromatic N) is 2. The molecular weight excluding hydrogens is 652 g/mol. The van der Waals surface area contributed by atoms with Crippen LogP contribution in [0.4, 0.5) is 15.3 Å². The summed E-state index contributed by atoms with van der Waals surface area (Å²) in [5.74, 6) is -1.44. The van der Waals surface area contributed by atoms with E-state index in [4.69, 9.17) is 10.5 Å². The van der Waals surface area contributed by atoms with E-state index in [0.717, 1.165) is 18.4 Å². The molecule has 0 bridgehead atoms. The molecule has 5 N–H and O–H groups in total. The van der Waals surface area contributed by atoms with Crippen molar-refractivity contribution >= 4 is 41.3 Å². The van der Waals surface area contributed by atoms with E-state index in [9.17, 15) is 28.8 Å². The molecule has 280 valence electrons. The lowest BCUT2D eigenvalue weighted by atomic mass is 9.76. The maximum atomic E-state index is 13.5. The molecule has 0 aliphatic carbocycles. The molecule has 0 saturated carbocycles. The zero-order valence-electron chi connectivity index (χ0n) is 30.8. The third kappa shape index (κ3) is 13.2. The zero-order chi connectivity index (χ0) is 37.7. The Labute approximate surface area is 301 Å². The van der Waals surface area contributed by atoms with Crippen LogP contribution in [0.3, 0.4) is 0 Å². The van der Waals surface area contributed by atoms with Gasteiger partial charge in [0.2, 0.25) is 11.8 Å². The van der Waals surface area contributed by atoms with Crippen LogP contribution in [-0.4, -0.2) is 77.6 Å². The van der Waals surface area contributed by atoms with Gasteiger partial charge in [-0.1, -0.05) is 59.8 Å². The Bertz CT molecular complexity index is 1430. The van der Waals surface area contributed by atoms with E-state index in [1.165, 1.54) is 6.08 Å². The van der Waals surface area contributed by atoms with E-state index < -0.39 is 18.0 Å². The molecule has 0 spiro atoms. The largest absolute Gasteiger partial charge is 0.445 e. The SMILES string of the molecule is C=C1C=CC(=O)N1CCCCCC(=O)N[C@H](C(=O)C[C@@H](CCCNC(N)=O)C(=O)Nc1ccc(COC(=O)N2CC(C(C)(C)C)C2)cc1)C(C)C. The lowest BCUT2D eigenvalue weighted by molar-refractivity contribution is -0.131. The van der Waals surface area contributed by atoms with Crippen molar-refractivity contribution in [1.82, 2.24) is 20.4 Å². The minimum absolute atomic E-state index is 0.0864. The summed E-state index contributed by atoms with van der Waals surface area (Å²) in [5, 5.41) is 8.25. The minimum atomic E-state index is -0.772. The second-order valence-corrected chi connectivity index (χ2v) is 14.9. The molecule has 13 nitrogen and oxygen atoms in total. The van der Waals surface area contributed by atoms with Crippen molar-refractivity contribution in [2.75, 3.05) is 31.5 Å². The number of likely N-dealkylation sites (tertiary alicyclic amines) is 1. The van der Waals surface area contributed by atoms with E-state index in [1.807, 2.05) is 13.8 Å². The van der Waals surface area contributed by atoms with Gasteiger partial charge in [0.05, 0.1) is 6.04 Å². The number of hydrogen-bond donors (Lipinski definition) is 4. The van der Waals surface area contributed by atoms with Crippen LogP contribution in [0.25, 0.3) is 0 Å². The summed E-state index contributed by atoms with van der Waals surface area (Å²) < 4.78 is 5.47. The smallest absolute Gasteiger partial charge is 0.410 e. The Morgan fingerprint density at radius 3 is 2.27 bits per heavy atom. The summed E-state index contributed by atoms with van der Waals surface area (Å²) >= 11 is 0. The van der Waals surface area contributed by atoms with E-state index in [0.29, 0.717) is 56.2 Å². The highest BCUT2D eigenvalue weighted by molar-refractivity contribution is 5.97. The molecule has 0 radical (unpaired) electrons. The first-order chi connectivity index (χ1) is 24.0. The summed E-state index contributed by atoms with van der Waals surface area (Å²) in [5.41, 5.74) is 7.27. The number of allylic oxidation sites excluding steroid dienone is 1. The number of amides is 6. The minimum Gasteiger partial charge on any atom is -0.445 e. The van der Waals surface area contributed by atoms with Gasteiger partial charge < -0.3 is 36.2 Å². The second-order valence-electron chi connectivity index (χ2n) is 14.9. The summed E-state index contributed by atoms with van der Waals surface area (Å²) in [6.07, 6.45) is 5.72. The van der Waals surface area contributed by atoms with Crippen molar-refractivity contribution < 1.29 is 33.5 Å². The van der Waals surface area contributed by atoms with Gasteiger partial charge in [-0.2, -0.15) is 0 Å². The van der Waals surface area contributed by atoms with Gasteiger partial charge in [-0.3, -0.25) is 19.2 Å². The average Bonchev–Trinajstić information content (AvgIpc) is 3.35. The fourth-order valence-corrected chi connectivity index (χ4v) is 5.94. The maximum absolute atomic E-state index is 13.5. The van der Waals surface area contributed by atoms with Gasteiger partial charge in [-0.25, -0.2) is 9.59 Å². The van der Waals surface area contributed by atoms with Crippen molar-refractivity contribution in [3.63, 3.8) is 0 Å². The number of urea groups is 1. The van der Waals surface area contributed by atoms with Gasteiger partial charge in [0, 0.05) is 62.4 Å². The molecule has 3 rings (SSSR count). The highest BCUT2D eigenvalue weighted by Gasteiger charge is 2.39. The van der Waals surface area contributed by atoms with Crippen molar-refractivity contribution in [1.29, 1.82) is 0 Å². The van der Waals surface area contributed by atoms with Gasteiger partial charge in [0.1, 0.15) is 6.61 Å². The fraction of sp³-hybridized carbons (Fsp3) is 0.579. The molecule has 51 heavy (non-hydrogen) atoms. The van der Waals surface area contributed by atoms with Crippen LogP contribution >= 0.6 is 0 Å². The van der Waals surface area contributed by atoms with Gasteiger partial charge >= 0.3 is 12.1 Å². The summed E-state index contributed by atoms with van der Waals surface area (Å²) in [4.78, 5) is 78.6. The number of carbonyl (C=O) groups is 6. The number of Topliss-reactive ketones (excluding diaryl/α,β-unsaturated/α-hetero) is 1. The van der Waals surface area contributed by atoms with E-state index in [1.54, 1.807) is 40.1 Å². The van der Waals surface area contributed by atoms with Crippen LogP contribution in [0.1, 0.15) is 85.1 Å². The number of unbranched alkanes of at least 4 members (excludes halogenated alkanes) is 2. The molecule has 2 aliphatic heterocycles. The van der Waals surface area contributed by atoms with Crippen LogP contribution in [0, 0.1) is 23.2 Å². The Hall–Kier alpha value is -4.68.